The van der Waals surface area contributed by atoms with Crippen LogP contribution in [0.4, 0.5) is 0 Å². The average Bonchev–Trinajstić information content (AvgIpc) is 1.87. The van der Waals surface area contributed by atoms with Crippen LogP contribution in [0.15, 0.2) is 30.3 Å². The van der Waals surface area contributed by atoms with Gasteiger partial charge >= 0.3 is 0 Å². The molecule has 0 aliphatic rings. The number of carbonyl (C=O) groups is 1. The van der Waals surface area contributed by atoms with Crippen LogP contribution in [0, 0.1) is 0 Å². The fourth-order valence-electron chi connectivity index (χ4n) is 0.415. The SMILES string of the molecule is CC(C)=O.Clc1ccccc1.O. The lowest BCUT2D eigenvalue weighted by molar-refractivity contribution is -0.114. The predicted octanol–water partition coefficient (Wildman–Crippen LogP) is 2.11. The van der Waals surface area contributed by atoms with Crippen molar-refractivity contribution in [2.45, 2.75) is 13.8 Å². The van der Waals surface area contributed by atoms with E-state index in [9.17, 15) is 4.79 Å². The summed E-state index contributed by atoms with van der Waals surface area (Å²) in [6.45, 7) is 3.06. The van der Waals surface area contributed by atoms with Gasteiger partial charge in [0.2, 0.25) is 0 Å². The molecule has 0 aliphatic carbocycles. The number of hydrogen-bond acceptors (Lipinski definition) is 1. The zero-order chi connectivity index (χ0) is 8.69. The number of halogens is 1. The van der Waals surface area contributed by atoms with Crippen LogP contribution in [0.5, 0.6) is 0 Å². The smallest absolute Gasteiger partial charge is 0.126 e. The van der Waals surface area contributed by atoms with E-state index in [1.807, 2.05) is 30.3 Å². The topological polar surface area (TPSA) is 48.6 Å². The van der Waals surface area contributed by atoms with Crippen molar-refractivity contribution in [3.63, 3.8) is 0 Å². The Bertz CT molecular complexity index is 205. The van der Waals surface area contributed by atoms with E-state index < -0.39 is 0 Å². The lowest BCUT2D eigenvalue weighted by Crippen LogP contribution is -1.69. The molecule has 0 atom stereocenters. The van der Waals surface area contributed by atoms with Crippen LogP contribution in [0.2, 0.25) is 5.02 Å². The molecule has 0 saturated heterocycles. The first-order valence-electron chi connectivity index (χ1n) is 3.30. The molecule has 12 heavy (non-hydrogen) atoms. The highest BCUT2D eigenvalue weighted by Crippen LogP contribution is 2.03. The lowest BCUT2D eigenvalue weighted by atomic mass is 10.4. The van der Waals surface area contributed by atoms with E-state index in [0.29, 0.717) is 0 Å². The van der Waals surface area contributed by atoms with Gasteiger partial charge in [-0.05, 0) is 26.0 Å². The molecule has 0 bridgehead atoms. The van der Waals surface area contributed by atoms with Gasteiger partial charge in [0.25, 0.3) is 0 Å². The summed E-state index contributed by atoms with van der Waals surface area (Å²) in [5, 5.41) is 0.794. The van der Waals surface area contributed by atoms with Crippen LogP contribution < -0.4 is 0 Å². The Kier molecular flexibility index (Phi) is 9.41. The van der Waals surface area contributed by atoms with Gasteiger partial charge in [-0.3, -0.25) is 0 Å². The Morgan fingerprint density at radius 2 is 1.50 bits per heavy atom. The molecule has 1 rings (SSSR count). The molecular weight excluding hydrogens is 176 g/mol. The number of benzene rings is 1. The van der Waals surface area contributed by atoms with Gasteiger partial charge in [0.1, 0.15) is 5.78 Å². The third-order valence-corrected chi connectivity index (χ3v) is 0.985. The van der Waals surface area contributed by atoms with E-state index in [1.165, 1.54) is 13.8 Å². The standard InChI is InChI=1S/C6H5Cl.C3H6O.H2O/c7-6-4-2-1-3-5-6;1-3(2)4;/h1-5H;1-2H3;1H2. The van der Waals surface area contributed by atoms with E-state index in [2.05, 4.69) is 0 Å². The second-order valence-electron chi connectivity index (χ2n) is 2.20. The molecule has 0 aromatic heterocycles. The zero-order valence-corrected chi connectivity index (χ0v) is 7.93. The van der Waals surface area contributed by atoms with Crippen molar-refractivity contribution in [1.29, 1.82) is 0 Å². The predicted molar refractivity (Wildman–Crippen MR) is 51.4 cm³/mol. The number of carbonyl (C=O) groups excluding carboxylic acids is 1. The number of hydrogen-bond donors (Lipinski definition) is 0. The summed E-state index contributed by atoms with van der Waals surface area (Å²) in [6, 6.07) is 9.44. The van der Waals surface area contributed by atoms with Gasteiger partial charge in [-0.1, -0.05) is 29.8 Å². The van der Waals surface area contributed by atoms with Crippen LogP contribution in [-0.2, 0) is 4.79 Å². The summed E-state index contributed by atoms with van der Waals surface area (Å²) < 4.78 is 0. The summed E-state index contributed by atoms with van der Waals surface area (Å²) in [6.07, 6.45) is 0. The highest BCUT2D eigenvalue weighted by atomic mass is 35.5. The molecule has 68 valence electrons. The summed E-state index contributed by atoms with van der Waals surface area (Å²) in [4.78, 5) is 9.44. The first-order chi connectivity index (χ1) is 5.13. The summed E-state index contributed by atoms with van der Waals surface area (Å²) in [7, 11) is 0. The van der Waals surface area contributed by atoms with E-state index in [1.54, 1.807) is 0 Å². The van der Waals surface area contributed by atoms with E-state index in [0.717, 1.165) is 5.02 Å². The molecule has 1 aromatic carbocycles. The molecule has 3 heteroatoms. The number of Topliss-reactive ketones (excluding diaryl/α,β-unsaturated/α-hetero) is 1. The quantitative estimate of drug-likeness (QED) is 0.615. The maximum atomic E-state index is 9.44. The molecule has 0 unspecified atom stereocenters. The van der Waals surface area contributed by atoms with Gasteiger partial charge in [-0.2, -0.15) is 0 Å². The Morgan fingerprint density at radius 3 is 1.67 bits per heavy atom. The molecule has 0 spiro atoms. The highest BCUT2D eigenvalue weighted by Gasteiger charge is 1.74. The second kappa shape index (κ2) is 8.24. The van der Waals surface area contributed by atoms with Crippen molar-refractivity contribution in [3.8, 4) is 0 Å². The third kappa shape index (κ3) is 11.9. The summed E-state index contributed by atoms with van der Waals surface area (Å²) in [5.41, 5.74) is 0. The minimum atomic E-state index is 0. The van der Waals surface area contributed by atoms with Crippen LogP contribution in [-0.4, -0.2) is 11.3 Å². The van der Waals surface area contributed by atoms with Gasteiger partial charge < -0.3 is 10.3 Å². The van der Waals surface area contributed by atoms with E-state index >= 15 is 0 Å². The van der Waals surface area contributed by atoms with Crippen molar-refractivity contribution in [3.05, 3.63) is 35.4 Å². The second-order valence-corrected chi connectivity index (χ2v) is 2.64. The largest absolute Gasteiger partial charge is 0.412 e. The Morgan fingerprint density at radius 1 is 1.17 bits per heavy atom. The first kappa shape index (κ1) is 13.7. The minimum absolute atomic E-state index is 0. The molecule has 0 saturated carbocycles. The van der Waals surface area contributed by atoms with E-state index in [-0.39, 0.29) is 11.3 Å². The van der Waals surface area contributed by atoms with Crippen molar-refractivity contribution in [1.82, 2.24) is 0 Å². The molecule has 0 amide bonds. The van der Waals surface area contributed by atoms with Crippen molar-refractivity contribution in [2.24, 2.45) is 0 Å². The Labute approximate surface area is 77.5 Å². The molecule has 0 heterocycles. The molecule has 0 aliphatic heterocycles. The maximum absolute atomic E-state index is 9.44. The number of ketones is 1. The average molecular weight is 189 g/mol. The van der Waals surface area contributed by atoms with Crippen LogP contribution in [0.1, 0.15) is 13.8 Å². The first-order valence-corrected chi connectivity index (χ1v) is 3.68. The monoisotopic (exact) mass is 188 g/mol. The van der Waals surface area contributed by atoms with Gasteiger partial charge in [0.05, 0.1) is 0 Å². The fourth-order valence-corrected chi connectivity index (χ4v) is 0.560. The molecular formula is C9H13ClO2. The van der Waals surface area contributed by atoms with Gasteiger partial charge in [0, 0.05) is 5.02 Å². The van der Waals surface area contributed by atoms with Crippen molar-refractivity contribution in [2.75, 3.05) is 0 Å². The minimum Gasteiger partial charge on any atom is -0.412 e. The van der Waals surface area contributed by atoms with Gasteiger partial charge in [-0.25, -0.2) is 0 Å². The molecule has 2 nitrogen and oxygen atoms in total. The van der Waals surface area contributed by atoms with Crippen molar-refractivity contribution < 1.29 is 10.3 Å². The van der Waals surface area contributed by atoms with Crippen molar-refractivity contribution >= 4 is 17.4 Å². The zero-order valence-electron chi connectivity index (χ0n) is 7.17. The lowest BCUT2D eigenvalue weighted by Gasteiger charge is -1.80. The molecule has 2 N–H and O–H groups in total. The van der Waals surface area contributed by atoms with Crippen LogP contribution in [0.3, 0.4) is 0 Å². The van der Waals surface area contributed by atoms with Crippen LogP contribution in [0.25, 0.3) is 0 Å². The normalized spacial score (nSPS) is 7.25. The maximum Gasteiger partial charge on any atom is 0.126 e. The fraction of sp³-hybridized carbons (Fsp3) is 0.222. The third-order valence-electron chi connectivity index (χ3n) is 0.733. The van der Waals surface area contributed by atoms with E-state index in [4.69, 9.17) is 11.6 Å². The summed E-state index contributed by atoms with van der Waals surface area (Å²) in [5.74, 6) is 0.167. The highest BCUT2D eigenvalue weighted by molar-refractivity contribution is 6.30. The molecule has 0 radical (unpaired) electrons. The number of rotatable bonds is 0. The molecule has 0 fully saturated rings. The van der Waals surface area contributed by atoms with Crippen LogP contribution >= 0.6 is 11.6 Å². The Balaban J connectivity index is 0. The van der Waals surface area contributed by atoms with Gasteiger partial charge in [0.15, 0.2) is 0 Å². The Hall–Kier alpha value is -0.860. The summed E-state index contributed by atoms with van der Waals surface area (Å²) >= 11 is 5.54. The van der Waals surface area contributed by atoms with Gasteiger partial charge in [-0.15, -0.1) is 0 Å². The molecule has 1 aromatic rings.